The summed E-state index contributed by atoms with van der Waals surface area (Å²) in [7, 11) is -4.40. The average Bonchev–Trinajstić information content (AvgIpc) is 3.14. The summed E-state index contributed by atoms with van der Waals surface area (Å²) >= 11 is 0. The molecule has 1 fully saturated rings. The number of carbonyl (C=O) groups excluding carboxylic acids is 1. The number of likely N-dealkylation sites (tertiary alicyclic amines) is 1. The standard InChI is InChI=1S/C16H18F2N4O4S/c1-16(18,27(24,25)13-4-2-3-12(17)9-13)11-5-7-22(8-6-11)15(23)20-14-21-19-10-26-14/h2-4,9-11H,5-8H2,1H3,(H,20,21,23). The van der Waals surface area contributed by atoms with Crippen molar-refractivity contribution in [2.45, 2.75) is 29.7 Å². The van der Waals surface area contributed by atoms with Gasteiger partial charge in [0.05, 0.1) is 4.90 Å². The zero-order valence-electron chi connectivity index (χ0n) is 14.4. The molecule has 11 heteroatoms. The molecule has 2 heterocycles. The van der Waals surface area contributed by atoms with Gasteiger partial charge in [0, 0.05) is 19.0 Å². The van der Waals surface area contributed by atoms with E-state index in [0.717, 1.165) is 25.5 Å². The summed E-state index contributed by atoms with van der Waals surface area (Å²) in [5, 5.41) is 6.78. The lowest BCUT2D eigenvalue weighted by Gasteiger charge is -2.37. The second-order valence-electron chi connectivity index (χ2n) is 6.38. The van der Waals surface area contributed by atoms with Crippen LogP contribution in [0, 0.1) is 11.7 Å². The van der Waals surface area contributed by atoms with Crippen molar-refractivity contribution in [3.05, 3.63) is 36.5 Å². The lowest BCUT2D eigenvalue weighted by atomic mass is 9.92. The molecule has 1 N–H and O–H groups in total. The number of benzene rings is 1. The van der Waals surface area contributed by atoms with Crippen molar-refractivity contribution in [1.82, 2.24) is 15.1 Å². The number of aromatic nitrogens is 2. The van der Waals surface area contributed by atoms with Crippen LogP contribution >= 0.6 is 0 Å². The zero-order valence-corrected chi connectivity index (χ0v) is 15.2. The molecule has 2 amide bonds. The van der Waals surface area contributed by atoms with Crippen LogP contribution in [0.4, 0.5) is 19.6 Å². The Hall–Kier alpha value is -2.56. The van der Waals surface area contributed by atoms with Gasteiger partial charge in [0.2, 0.25) is 21.2 Å². The second kappa shape index (κ2) is 7.22. The van der Waals surface area contributed by atoms with Gasteiger partial charge in [0.25, 0.3) is 0 Å². The van der Waals surface area contributed by atoms with Crippen molar-refractivity contribution < 1.29 is 26.4 Å². The Morgan fingerprint density at radius 3 is 2.67 bits per heavy atom. The first-order chi connectivity index (χ1) is 12.7. The maximum absolute atomic E-state index is 15.3. The quantitative estimate of drug-likeness (QED) is 0.846. The van der Waals surface area contributed by atoms with Crippen molar-refractivity contribution in [1.29, 1.82) is 0 Å². The highest BCUT2D eigenvalue weighted by molar-refractivity contribution is 7.92. The first-order valence-corrected chi connectivity index (χ1v) is 9.71. The second-order valence-corrected chi connectivity index (χ2v) is 8.66. The first-order valence-electron chi connectivity index (χ1n) is 8.23. The van der Waals surface area contributed by atoms with Gasteiger partial charge in [0.1, 0.15) is 5.82 Å². The molecule has 2 aromatic rings. The van der Waals surface area contributed by atoms with Gasteiger partial charge in [-0.1, -0.05) is 11.2 Å². The van der Waals surface area contributed by atoms with E-state index in [2.05, 4.69) is 15.5 Å². The van der Waals surface area contributed by atoms with Crippen molar-refractivity contribution in [2.75, 3.05) is 18.4 Å². The number of piperidine rings is 1. The molecule has 1 aliphatic rings. The minimum absolute atomic E-state index is 0.0638. The van der Waals surface area contributed by atoms with Gasteiger partial charge in [-0.15, -0.1) is 5.10 Å². The van der Waals surface area contributed by atoms with E-state index in [1.807, 2.05) is 0 Å². The number of hydrogen-bond donors (Lipinski definition) is 1. The summed E-state index contributed by atoms with van der Waals surface area (Å²) in [4.78, 5) is 13.1. The van der Waals surface area contributed by atoms with Gasteiger partial charge in [-0.25, -0.2) is 22.0 Å². The van der Waals surface area contributed by atoms with Crippen LogP contribution in [0.15, 0.2) is 40.0 Å². The number of halogens is 2. The molecule has 1 unspecified atom stereocenters. The Balaban J connectivity index is 1.68. The summed E-state index contributed by atoms with van der Waals surface area (Å²) in [5.74, 6) is -1.59. The molecule has 1 saturated heterocycles. The predicted octanol–water partition coefficient (Wildman–Crippen LogP) is 2.61. The summed E-state index contributed by atoms with van der Waals surface area (Å²) in [6.45, 7) is 1.30. The molecule has 1 aliphatic heterocycles. The van der Waals surface area contributed by atoms with Crippen LogP contribution in [0.1, 0.15) is 19.8 Å². The van der Waals surface area contributed by atoms with Crippen molar-refractivity contribution in [3.8, 4) is 0 Å². The van der Waals surface area contributed by atoms with Gasteiger partial charge in [-0.05, 0) is 38.0 Å². The van der Waals surface area contributed by atoms with Crippen LogP contribution in [0.5, 0.6) is 0 Å². The summed E-state index contributed by atoms with van der Waals surface area (Å²) < 4.78 is 58.9. The molecular formula is C16H18F2N4O4S. The fourth-order valence-corrected chi connectivity index (χ4v) is 4.74. The summed E-state index contributed by atoms with van der Waals surface area (Å²) in [5.41, 5.74) is 0. The molecule has 1 aromatic heterocycles. The number of urea groups is 1. The highest BCUT2D eigenvalue weighted by Gasteiger charge is 2.48. The highest BCUT2D eigenvalue weighted by atomic mass is 32.2. The third kappa shape index (κ3) is 3.77. The summed E-state index contributed by atoms with van der Waals surface area (Å²) in [6.07, 6.45) is 1.34. The number of anilines is 1. The van der Waals surface area contributed by atoms with Crippen LogP contribution in [0.3, 0.4) is 0 Å². The van der Waals surface area contributed by atoms with Gasteiger partial charge in [0.15, 0.2) is 0 Å². The molecule has 1 atom stereocenters. The molecule has 0 aliphatic carbocycles. The smallest absolute Gasteiger partial charge is 0.325 e. The fraction of sp³-hybridized carbons (Fsp3) is 0.438. The fourth-order valence-electron chi connectivity index (χ4n) is 3.08. The molecular weight excluding hydrogens is 382 g/mol. The van der Waals surface area contributed by atoms with Gasteiger partial charge in [-0.2, -0.15) is 0 Å². The minimum Gasteiger partial charge on any atom is -0.411 e. The van der Waals surface area contributed by atoms with Crippen LogP contribution in [0.25, 0.3) is 0 Å². The number of nitrogens with zero attached hydrogens (tertiary/aromatic N) is 3. The normalized spacial score (nSPS) is 18.1. The maximum atomic E-state index is 15.3. The summed E-state index contributed by atoms with van der Waals surface area (Å²) in [6, 6.07) is 3.73. The zero-order chi connectivity index (χ0) is 19.7. The van der Waals surface area contributed by atoms with Crippen molar-refractivity contribution >= 4 is 21.9 Å². The number of sulfone groups is 1. The lowest BCUT2D eigenvalue weighted by Crippen LogP contribution is -2.48. The van der Waals surface area contributed by atoms with E-state index in [1.165, 1.54) is 17.0 Å². The van der Waals surface area contributed by atoms with E-state index in [-0.39, 0.29) is 31.9 Å². The Kier molecular flexibility index (Phi) is 5.13. The molecule has 1 aromatic carbocycles. The number of carbonyl (C=O) groups is 1. The minimum atomic E-state index is -4.40. The van der Waals surface area contributed by atoms with Gasteiger partial charge >= 0.3 is 12.0 Å². The Bertz CT molecular complexity index is 910. The van der Waals surface area contributed by atoms with Crippen molar-refractivity contribution in [3.63, 3.8) is 0 Å². The number of amides is 2. The number of nitrogens with one attached hydrogen (secondary N) is 1. The number of hydrogen-bond acceptors (Lipinski definition) is 6. The predicted molar refractivity (Wildman–Crippen MR) is 90.7 cm³/mol. The molecule has 0 radical (unpaired) electrons. The van der Waals surface area contributed by atoms with E-state index < -0.39 is 37.5 Å². The first kappa shape index (κ1) is 19.2. The third-order valence-electron chi connectivity index (χ3n) is 4.72. The SMILES string of the molecule is CC(F)(C1CCN(C(=O)Nc2nnco2)CC1)S(=O)(=O)c1cccc(F)c1. The van der Waals surface area contributed by atoms with Gasteiger partial charge < -0.3 is 9.32 Å². The molecule has 0 bridgehead atoms. The van der Waals surface area contributed by atoms with E-state index in [4.69, 9.17) is 4.42 Å². The molecule has 146 valence electrons. The maximum Gasteiger partial charge on any atom is 0.325 e. The van der Waals surface area contributed by atoms with E-state index in [9.17, 15) is 17.6 Å². The average molecular weight is 400 g/mol. The van der Waals surface area contributed by atoms with E-state index in [1.54, 1.807) is 0 Å². The van der Waals surface area contributed by atoms with Crippen LogP contribution in [-0.4, -0.2) is 47.6 Å². The number of alkyl halides is 1. The Morgan fingerprint density at radius 2 is 2.07 bits per heavy atom. The molecule has 3 rings (SSSR count). The molecule has 8 nitrogen and oxygen atoms in total. The van der Waals surface area contributed by atoms with Crippen molar-refractivity contribution in [2.24, 2.45) is 5.92 Å². The van der Waals surface area contributed by atoms with Crippen LogP contribution in [0.2, 0.25) is 0 Å². The van der Waals surface area contributed by atoms with Gasteiger partial charge in [-0.3, -0.25) is 5.32 Å². The van der Waals surface area contributed by atoms with E-state index >= 15 is 4.39 Å². The molecule has 0 spiro atoms. The lowest BCUT2D eigenvalue weighted by molar-refractivity contribution is 0.117. The highest BCUT2D eigenvalue weighted by Crippen LogP contribution is 2.39. The van der Waals surface area contributed by atoms with Crippen LogP contribution < -0.4 is 5.32 Å². The monoisotopic (exact) mass is 400 g/mol. The largest absolute Gasteiger partial charge is 0.411 e. The van der Waals surface area contributed by atoms with E-state index in [0.29, 0.717) is 0 Å². The molecule has 27 heavy (non-hydrogen) atoms. The number of rotatable bonds is 4. The third-order valence-corrected chi connectivity index (χ3v) is 6.98. The van der Waals surface area contributed by atoms with Crippen LogP contribution in [-0.2, 0) is 9.84 Å². The Labute approximate surface area is 154 Å². The molecule has 0 saturated carbocycles. The Morgan fingerprint density at radius 1 is 1.37 bits per heavy atom. The topological polar surface area (TPSA) is 105 Å².